The van der Waals surface area contributed by atoms with Crippen molar-refractivity contribution in [2.45, 2.75) is 6.10 Å². The number of esters is 1. The molecule has 0 aliphatic carbocycles. The third-order valence-electron chi connectivity index (χ3n) is 3.84. The van der Waals surface area contributed by atoms with Gasteiger partial charge < -0.3 is 14.3 Å². The number of hydrogen-bond donors (Lipinski definition) is 0. The van der Waals surface area contributed by atoms with Gasteiger partial charge in [-0.05, 0) is 18.2 Å². The van der Waals surface area contributed by atoms with E-state index in [2.05, 4.69) is 5.16 Å². The summed E-state index contributed by atoms with van der Waals surface area (Å²) in [5.74, 6) is -0.468. The van der Waals surface area contributed by atoms with Crippen LogP contribution in [0.4, 0.5) is 0 Å². The zero-order valence-electron chi connectivity index (χ0n) is 12.1. The van der Waals surface area contributed by atoms with Crippen LogP contribution in [0.1, 0.15) is 15.9 Å². The molecule has 0 spiro atoms. The Morgan fingerprint density at radius 3 is 2.77 bits per heavy atom. The van der Waals surface area contributed by atoms with Gasteiger partial charge in [0.25, 0.3) is 0 Å². The second-order valence-electron chi connectivity index (χ2n) is 5.21. The number of fused-ring (bicyclic) bond motifs is 1. The number of nitrogens with zero attached hydrogens (tertiary/aromatic N) is 1. The molecule has 2 atom stereocenters. The molecule has 1 saturated heterocycles. The molecule has 0 saturated carbocycles. The average molecular weight is 325 g/mol. The van der Waals surface area contributed by atoms with Crippen LogP contribution >= 0.6 is 0 Å². The molecule has 0 N–H and O–H groups in total. The van der Waals surface area contributed by atoms with Crippen LogP contribution in [0.25, 0.3) is 0 Å². The SMILES string of the molecule is COC(=O)c1cc(C2=NOC3CS(=O)(=O)CC23)ccc1OC. The lowest BCUT2D eigenvalue weighted by atomic mass is 9.94. The molecular weight excluding hydrogens is 310 g/mol. The first-order valence-electron chi connectivity index (χ1n) is 6.66. The van der Waals surface area contributed by atoms with Crippen molar-refractivity contribution in [3.8, 4) is 5.75 Å². The molecule has 2 unspecified atom stereocenters. The van der Waals surface area contributed by atoms with Crippen LogP contribution in [0.5, 0.6) is 5.75 Å². The summed E-state index contributed by atoms with van der Waals surface area (Å²) >= 11 is 0. The Kier molecular flexibility index (Phi) is 3.56. The van der Waals surface area contributed by atoms with E-state index >= 15 is 0 Å². The topological polar surface area (TPSA) is 91.3 Å². The predicted octanol–water partition coefficient (Wildman–Crippen LogP) is 0.629. The molecule has 8 heteroatoms. The Hall–Kier alpha value is -2.09. The van der Waals surface area contributed by atoms with Crippen LogP contribution < -0.4 is 4.74 Å². The summed E-state index contributed by atoms with van der Waals surface area (Å²) in [5.41, 5.74) is 1.43. The van der Waals surface area contributed by atoms with E-state index in [1.165, 1.54) is 14.2 Å². The largest absolute Gasteiger partial charge is 0.496 e. The molecule has 7 nitrogen and oxygen atoms in total. The molecule has 0 bridgehead atoms. The van der Waals surface area contributed by atoms with Gasteiger partial charge in [0.2, 0.25) is 0 Å². The van der Waals surface area contributed by atoms with Gasteiger partial charge in [-0.3, -0.25) is 0 Å². The Balaban J connectivity index is 1.98. The lowest BCUT2D eigenvalue weighted by Gasteiger charge is -2.11. The Labute approximate surface area is 127 Å². The maximum absolute atomic E-state index is 11.8. The molecule has 2 aliphatic rings. The van der Waals surface area contributed by atoms with E-state index in [4.69, 9.17) is 14.3 Å². The minimum atomic E-state index is -3.11. The minimum Gasteiger partial charge on any atom is -0.496 e. The molecule has 1 aromatic rings. The van der Waals surface area contributed by atoms with Crippen molar-refractivity contribution >= 4 is 21.5 Å². The van der Waals surface area contributed by atoms with Crippen LogP contribution in [0.15, 0.2) is 23.4 Å². The monoisotopic (exact) mass is 325 g/mol. The van der Waals surface area contributed by atoms with Crippen LogP contribution in [0.3, 0.4) is 0 Å². The molecule has 118 valence electrons. The predicted molar refractivity (Wildman–Crippen MR) is 77.9 cm³/mol. The first-order valence-corrected chi connectivity index (χ1v) is 8.48. The van der Waals surface area contributed by atoms with Gasteiger partial charge in [0.1, 0.15) is 11.3 Å². The van der Waals surface area contributed by atoms with Crippen molar-refractivity contribution in [3.63, 3.8) is 0 Å². The number of sulfone groups is 1. The highest BCUT2D eigenvalue weighted by Gasteiger charge is 2.46. The number of methoxy groups -OCH3 is 2. The third-order valence-corrected chi connectivity index (χ3v) is 5.54. The summed E-state index contributed by atoms with van der Waals surface area (Å²) in [5, 5.41) is 4.00. The van der Waals surface area contributed by atoms with Crippen molar-refractivity contribution < 1.29 is 27.5 Å². The Morgan fingerprint density at radius 1 is 1.32 bits per heavy atom. The summed E-state index contributed by atoms with van der Waals surface area (Å²) in [6.45, 7) is 0. The molecule has 3 rings (SSSR count). The maximum atomic E-state index is 11.8. The Bertz CT molecular complexity index is 755. The summed E-state index contributed by atoms with van der Waals surface area (Å²) < 4.78 is 33.3. The maximum Gasteiger partial charge on any atom is 0.341 e. The highest BCUT2D eigenvalue weighted by atomic mass is 32.2. The second kappa shape index (κ2) is 5.28. The van der Waals surface area contributed by atoms with Gasteiger partial charge >= 0.3 is 5.97 Å². The molecule has 1 aromatic carbocycles. The van der Waals surface area contributed by atoms with Gasteiger partial charge in [0.15, 0.2) is 15.9 Å². The van der Waals surface area contributed by atoms with Crippen LogP contribution in [0, 0.1) is 5.92 Å². The highest BCUT2D eigenvalue weighted by molar-refractivity contribution is 7.91. The molecule has 0 amide bonds. The second-order valence-corrected chi connectivity index (χ2v) is 7.36. The molecule has 1 fully saturated rings. The van der Waals surface area contributed by atoms with Gasteiger partial charge in [-0.25, -0.2) is 13.2 Å². The van der Waals surface area contributed by atoms with E-state index in [1.807, 2.05) is 0 Å². The van der Waals surface area contributed by atoms with Gasteiger partial charge in [-0.2, -0.15) is 0 Å². The van der Waals surface area contributed by atoms with E-state index in [1.54, 1.807) is 18.2 Å². The van der Waals surface area contributed by atoms with Gasteiger partial charge in [-0.15, -0.1) is 0 Å². The van der Waals surface area contributed by atoms with Crippen molar-refractivity contribution in [1.29, 1.82) is 0 Å². The summed E-state index contributed by atoms with van der Waals surface area (Å²) in [4.78, 5) is 17.0. The number of carbonyl (C=O) groups is 1. The molecule has 2 aliphatic heterocycles. The van der Waals surface area contributed by atoms with Crippen molar-refractivity contribution in [2.24, 2.45) is 11.1 Å². The number of oxime groups is 1. The number of carbonyl (C=O) groups excluding carboxylic acids is 1. The zero-order chi connectivity index (χ0) is 15.9. The van der Waals surface area contributed by atoms with Crippen LogP contribution in [-0.4, -0.2) is 51.9 Å². The van der Waals surface area contributed by atoms with Crippen LogP contribution in [0.2, 0.25) is 0 Å². The lowest BCUT2D eigenvalue weighted by Crippen LogP contribution is -2.22. The highest BCUT2D eigenvalue weighted by Crippen LogP contribution is 2.32. The van der Waals surface area contributed by atoms with Crippen molar-refractivity contribution in [3.05, 3.63) is 29.3 Å². The van der Waals surface area contributed by atoms with Crippen molar-refractivity contribution in [1.82, 2.24) is 0 Å². The summed E-state index contributed by atoms with van der Waals surface area (Å²) in [7, 11) is -0.375. The normalized spacial score (nSPS) is 25.1. The minimum absolute atomic E-state index is 0.0100. The van der Waals surface area contributed by atoms with Crippen LogP contribution in [-0.2, 0) is 19.4 Å². The average Bonchev–Trinajstić information content (AvgIpc) is 3.00. The van der Waals surface area contributed by atoms with E-state index in [0.29, 0.717) is 17.0 Å². The molecule has 2 heterocycles. The molecule has 22 heavy (non-hydrogen) atoms. The number of hydrogen-bond acceptors (Lipinski definition) is 7. The van der Waals surface area contributed by atoms with Gasteiger partial charge in [-0.1, -0.05) is 5.16 Å². The van der Waals surface area contributed by atoms with E-state index in [0.717, 1.165) is 0 Å². The quantitative estimate of drug-likeness (QED) is 0.757. The standard InChI is InChI=1S/C14H15NO6S/c1-19-11-4-3-8(5-9(11)14(16)20-2)13-10-6-22(17,18)7-12(10)21-15-13/h3-5,10,12H,6-7H2,1-2H3. The van der Waals surface area contributed by atoms with Gasteiger partial charge in [0.05, 0.1) is 37.4 Å². The first kappa shape index (κ1) is 14.8. The molecule has 0 radical (unpaired) electrons. The fraction of sp³-hybridized carbons (Fsp3) is 0.429. The number of ether oxygens (including phenoxy) is 2. The van der Waals surface area contributed by atoms with E-state index in [-0.39, 0.29) is 23.0 Å². The first-order chi connectivity index (χ1) is 10.4. The number of rotatable bonds is 3. The summed E-state index contributed by atoms with van der Waals surface area (Å²) in [6.07, 6.45) is -0.441. The van der Waals surface area contributed by atoms with Gasteiger partial charge in [0, 0.05) is 5.56 Å². The number of benzene rings is 1. The summed E-state index contributed by atoms with van der Waals surface area (Å²) in [6, 6.07) is 4.93. The van der Waals surface area contributed by atoms with E-state index < -0.39 is 21.9 Å². The van der Waals surface area contributed by atoms with Crippen molar-refractivity contribution in [2.75, 3.05) is 25.7 Å². The Morgan fingerprint density at radius 2 is 2.09 bits per heavy atom. The fourth-order valence-electron chi connectivity index (χ4n) is 2.77. The molecule has 0 aromatic heterocycles. The smallest absolute Gasteiger partial charge is 0.341 e. The fourth-order valence-corrected chi connectivity index (χ4v) is 4.62. The molecular formula is C14H15NO6S. The lowest BCUT2D eigenvalue weighted by molar-refractivity contribution is 0.0597. The zero-order valence-corrected chi connectivity index (χ0v) is 12.9. The third kappa shape index (κ3) is 2.43. The van der Waals surface area contributed by atoms with E-state index in [9.17, 15) is 13.2 Å².